The van der Waals surface area contributed by atoms with Crippen LogP contribution in [0.4, 0.5) is 0 Å². The van der Waals surface area contributed by atoms with E-state index in [2.05, 4.69) is 9.47 Å². The van der Waals surface area contributed by atoms with Gasteiger partial charge in [-0.05, 0) is 27.7 Å². The fraction of sp³-hybridized carbons (Fsp3) is 0.500. The van der Waals surface area contributed by atoms with E-state index < -0.39 is 29.0 Å². The standard InChI is InChI=1S/2C6H9O3.2ClH.Ti/c2*1-3-9-6(8)4-5(2)7;;;/h2*4H,3H2,1-2H3;2*1H;/q2*-1;;;+2/p-2. The van der Waals surface area contributed by atoms with Gasteiger partial charge in [0.15, 0.2) is 11.9 Å². The van der Waals surface area contributed by atoms with Crippen LogP contribution in [0.15, 0.2) is 0 Å². The van der Waals surface area contributed by atoms with E-state index in [1.54, 1.807) is 13.8 Å². The summed E-state index contributed by atoms with van der Waals surface area (Å²) in [6.07, 6.45) is 1.84. The summed E-state index contributed by atoms with van der Waals surface area (Å²) in [6, 6.07) is 0. The van der Waals surface area contributed by atoms with Crippen molar-refractivity contribution in [2.24, 2.45) is 0 Å². The van der Waals surface area contributed by atoms with Gasteiger partial charge in [0.1, 0.15) is 0 Å². The summed E-state index contributed by atoms with van der Waals surface area (Å²) in [5.41, 5.74) is 0. The van der Waals surface area contributed by atoms with Crippen LogP contribution in [0.3, 0.4) is 0 Å². The summed E-state index contributed by atoms with van der Waals surface area (Å²) in [5, 5.41) is 0. The Balaban J connectivity index is -0.000000260. The van der Waals surface area contributed by atoms with Crippen LogP contribution < -0.4 is 0 Å². The number of Topliss-reactive ketones (excluding diaryl/α,β-unsaturated/α-hetero) is 2. The van der Waals surface area contributed by atoms with Crippen LogP contribution in [0.5, 0.6) is 0 Å². The quantitative estimate of drug-likeness (QED) is 0.305. The number of halogens is 2. The van der Waals surface area contributed by atoms with E-state index >= 15 is 0 Å². The van der Waals surface area contributed by atoms with Crippen LogP contribution in [-0.2, 0) is 45.7 Å². The van der Waals surface area contributed by atoms with E-state index in [9.17, 15) is 19.2 Å². The van der Waals surface area contributed by atoms with Gasteiger partial charge in [0.25, 0.3) is 0 Å². The predicted octanol–water partition coefficient (Wildman–Crippen LogP) is 2.06. The molecule has 6 nitrogen and oxygen atoms in total. The van der Waals surface area contributed by atoms with Gasteiger partial charge in [0, 0.05) is 11.6 Å². The van der Waals surface area contributed by atoms with Gasteiger partial charge in [-0.25, -0.2) is 12.8 Å². The van der Waals surface area contributed by atoms with E-state index in [0.29, 0.717) is 13.2 Å². The Morgan fingerprint density at radius 1 is 0.857 bits per heavy atom. The van der Waals surface area contributed by atoms with Gasteiger partial charge in [-0.3, -0.25) is 9.59 Å². The van der Waals surface area contributed by atoms with E-state index in [1.165, 1.54) is 13.8 Å². The molecule has 0 atom stereocenters. The van der Waals surface area contributed by atoms with Crippen molar-refractivity contribution in [1.29, 1.82) is 0 Å². The molecule has 0 aromatic heterocycles. The fourth-order valence-corrected chi connectivity index (χ4v) is 0.700. The van der Waals surface area contributed by atoms with Crippen molar-refractivity contribution in [2.45, 2.75) is 27.7 Å². The molecule has 0 N–H and O–H groups in total. The van der Waals surface area contributed by atoms with Crippen LogP contribution in [-0.4, -0.2) is 36.7 Å². The van der Waals surface area contributed by atoms with E-state index in [1.807, 2.05) is 0 Å². The monoisotopic (exact) mass is 376 g/mol. The topological polar surface area (TPSA) is 86.7 Å². The average Bonchev–Trinajstić information content (AvgIpc) is 2.29. The second-order valence-corrected chi connectivity index (χ2v) is 5.66. The number of carbonyl (C=O) groups is 4. The summed E-state index contributed by atoms with van der Waals surface area (Å²) in [7, 11) is 9.78. The second-order valence-electron chi connectivity index (χ2n) is 3.09. The molecule has 0 bridgehead atoms. The van der Waals surface area contributed by atoms with Gasteiger partial charge in [-0.2, -0.15) is 0 Å². The molecule has 0 saturated carbocycles. The molecule has 0 aliphatic rings. The van der Waals surface area contributed by atoms with Crippen molar-refractivity contribution in [2.75, 3.05) is 13.2 Å². The van der Waals surface area contributed by atoms with Crippen LogP contribution in [0, 0.1) is 12.8 Å². The van der Waals surface area contributed by atoms with Crippen molar-refractivity contribution in [3.8, 4) is 0 Å². The number of carbonyl (C=O) groups excluding carboxylic acids is 4. The summed E-state index contributed by atoms with van der Waals surface area (Å²) in [4.78, 5) is 41.1. The normalized spacial score (nSPS) is 7.71. The Morgan fingerprint density at radius 3 is 1.24 bits per heavy atom. The molecule has 0 aliphatic heterocycles. The second kappa shape index (κ2) is 19.3. The summed E-state index contributed by atoms with van der Waals surface area (Å²) >= 11 is -0.556. The zero-order chi connectivity index (χ0) is 17.3. The number of esters is 2. The first kappa shape index (κ1) is 25.3. The van der Waals surface area contributed by atoms with E-state index in [0.717, 1.165) is 12.8 Å². The molecule has 0 amide bonds. The van der Waals surface area contributed by atoms with Crippen molar-refractivity contribution in [3.05, 3.63) is 12.8 Å². The average molecular weight is 377 g/mol. The third-order valence-electron chi connectivity index (χ3n) is 1.22. The van der Waals surface area contributed by atoms with Gasteiger partial charge in [0.2, 0.25) is 0 Å². The van der Waals surface area contributed by atoms with Gasteiger partial charge in [-0.15, -0.1) is 0 Å². The first-order valence-electron chi connectivity index (χ1n) is 5.75. The minimum absolute atomic E-state index is 0.284. The van der Waals surface area contributed by atoms with Gasteiger partial charge in [0.05, 0.1) is 13.2 Å². The van der Waals surface area contributed by atoms with Crippen molar-refractivity contribution < 1.29 is 45.7 Å². The minimum atomic E-state index is -0.565. The molecule has 0 fully saturated rings. The van der Waals surface area contributed by atoms with Gasteiger partial charge >= 0.3 is 35.6 Å². The zero-order valence-corrected chi connectivity index (χ0v) is 15.3. The molecule has 0 radical (unpaired) electrons. The molecule has 0 aromatic carbocycles. The zero-order valence-electron chi connectivity index (χ0n) is 12.3. The molecule has 21 heavy (non-hydrogen) atoms. The molecular formula is C12H18Cl2O6Ti-2. The maximum absolute atomic E-state index is 10.4. The Hall–Kier alpha value is -0.686. The first-order chi connectivity index (χ1) is 9.74. The van der Waals surface area contributed by atoms with Crippen LogP contribution in [0.1, 0.15) is 27.7 Å². The molecular weight excluding hydrogens is 359 g/mol. The van der Waals surface area contributed by atoms with Crippen LogP contribution in [0.2, 0.25) is 0 Å². The summed E-state index contributed by atoms with van der Waals surface area (Å²) < 4.78 is 8.87. The fourth-order valence-electron chi connectivity index (χ4n) is 0.700. The van der Waals surface area contributed by atoms with E-state index in [4.69, 9.17) is 18.6 Å². The molecule has 0 aromatic rings. The molecule has 0 spiro atoms. The SMILES string of the molecule is CCOC(=O)[CH-]C(C)=O.CCOC(=O)[CH-]C(C)=O.[Cl][Ti][Cl]. The van der Waals surface area contributed by atoms with Gasteiger partial charge in [-0.1, -0.05) is 0 Å². The van der Waals surface area contributed by atoms with E-state index in [-0.39, 0.29) is 11.6 Å². The van der Waals surface area contributed by atoms with Crippen LogP contribution >= 0.6 is 18.6 Å². The predicted molar refractivity (Wildman–Crippen MR) is 74.9 cm³/mol. The van der Waals surface area contributed by atoms with Crippen molar-refractivity contribution in [1.82, 2.24) is 0 Å². The first-order valence-corrected chi connectivity index (χ1v) is 10.0. The summed E-state index contributed by atoms with van der Waals surface area (Å²) in [6.45, 7) is 6.59. The molecule has 9 heteroatoms. The number of ketones is 2. The number of hydrogen-bond acceptors (Lipinski definition) is 6. The van der Waals surface area contributed by atoms with Crippen LogP contribution in [0.25, 0.3) is 0 Å². The Kier molecular flexibility index (Phi) is 23.2. The third-order valence-corrected chi connectivity index (χ3v) is 1.22. The molecule has 122 valence electrons. The summed E-state index contributed by atoms with van der Waals surface area (Å²) in [5.74, 6) is -1.70. The Labute approximate surface area is 141 Å². The Bertz CT molecular complexity index is 293. The molecule has 0 heterocycles. The Morgan fingerprint density at radius 2 is 1.10 bits per heavy atom. The maximum atomic E-state index is 10.4. The van der Waals surface area contributed by atoms with Gasteiger partial charge < -0.3 is 19.1 Å². The third kappa shape index (κ3) is 32.7. The van der Waals surface area contributed by atoms with Crippen molar-refractivity contribution in [3.63, 3.8) is 0 Å². The molecule has 0 rings (SSSR count). The van der Waals surface area contributed by atoms with Crippen molar-refractivity contribution >= 4 is 42.1 Å². The molecule has 0 saturated heterocycles. The molecule has 0 unspecified atom stereocenters. The molecule has 0 aliphatic carbocycles. The number of rotatable bonds is 6. The number of ether oxygens (including phenoxy) is 2. The number of hydrogen-bond donors (Lipinski definition) is 0.